The lowest BCUT2D eigenvalue weighted by atomic mass is 10.1. The van der Waals surface area contributed by atoms with Crippen molar-refractivity contribution in [2.45, 2.75) is 13.0 Å². The van der Waals surface area contributed by atoms with Gasteiger partial charge in [0.2, 0.25) is 5.91 Å². The van der Waals surface area contributed by atoms with Gasteiger partial charge in [-0.3, -0.25) is 9.59 Å². The van der Waals surface area contributed by atoms with Crippen molar-refractivity contribution in [3.8, 4) is 5.69 Å². The quantitative estimate of drug-likeness (QED) is 0.738. The van der Waals surface area contributed by atoms with Gasteiger partial charge in [-0.25, -0.2) is 4.68 Å². The molecule has 126 valence electrons. The number of aromatic nitrogens is 3. The van der Waals surface area contributed by atoms with E-state index in [1.54, 1.807) is 35.9 Å². The van der Waals surface area contributed by atoms with Gasteiger partial charge in [-0.1, -0.05) is 53.7 Å². The van der Waals surface area contributed by atoms with Crippen molar-refractivity contribution in [1.29, 1.82) is 0 Å². The third-order valence-electron chi connectivity index (χ3n) is 3.80. The van der Waals surface area contributed by atoms with Crippen LogP contribution in [0.15, 0.2) is 60.7 Å². The Kier molecular flexibility index (Phi) is 4.56. The summed E-state index contributed by atoms with van der Waals surface area (Å²) < 4.78 is 1.57. The molecule has 0 aliphatic rings. The molecule has 2 amide bonds. The van der Waals surface area contributed by atoms with Crippen LogP contribution in [-0.2, 0) is 4.79 Å². The number of amides is 2. The normalized spacial score (nSPS) is 11.7. The maximum Gasteiger partial charge on any atom is 0.274 e. The van der Waals surface area contributed by atoms with Crippen molar-refractivity contribution in [3.05, 3.63) is 77.6 Å². The molecule has 0 aliphatic carbocycles. The van der Waals surface area contributed by atoms with Gasteiger partial charge in [-0.15, -0.1) is 5.10 Å². The highest BCUT2D eigenvalue weighted by Gasteiger charge is 2.24. The summed E-state index contributed by atoms with van der Waals surface area (Å²) in [5.74, 6) is -1.15. The van der Waals surface area contributed by atoms with Gasteiger partial charge in [0.25, 0.3) is 5.91 Å². The SMILES string of the molecule is Cc1c(C(=O)N[C@@H](C(N)=O)c2ccccc2)nnn1-c1ccccc1. The minimum atomic E-state index is -0.935. The number of rotatable bonds is 5. The molecule has 0 unspecified atom stereocenters. The monoisotopic (exact) mass is 335 g/mol. The van der Waals surface area contributed by atoms with Crippen LogP contribution in [0.3, 0.4) is 0 Å². The Morgan fingerprint density at radius 3 is 2.24 bits per heavy atom. The van der Waals surface area contributed by atoms with Gasteiger partial charge < -0.3 is 11.1 Å². The van der Waals surface area contributed by atoms with Crippen LogP contribution in [-0.4, -0.2) is 26.8 Å². The highest BCUT2D eigenvalue weighted by atomic mass is 16.2. The Labute approximate surface area is 144 Å². The van der Waals surface area contributed by atoms with Gasteiger partial charge in [0, 0.05) is 0 Å². The van der Waals surface area contributed by atoms with Crippen LogP contribution in [0.5, 0.6) is 0 Å². The molecule has 3 rings (SSSR count). The number of carbonyl (C=O) groups excluding carboxylic acids is 2. The molecule has 3 aromatic rings. The largest absolute Gasteiger partial charge is 0.368 e. The number of carbonyl (C=O) groups is 2. The average Bonchev–Trinajstić information content (AvgIpc) is 3.02. The molecule has 2 aromatic carbocycles. The Morgan fingerprint density at radius 2 is 1.64 bits per heavy atom. The van der Waals surface area contributed by atoms with Crippen LogP contribution in [0.1, 0.15) is 27.8 Å². The van der Waals surface area contributed by atoms with Crippen LogP contribution >= 0.6 is 0 Å². The molecule has 25 heavy (non-hydrogen) atoms. The first kappa shape index (κ1) is 16.4. The smallest absolute Gasteiger partial charge is 0.274 e. The van der Waals surface area contributed by atoms with Gasteiger partial charge in [0.1, 0.15) is 6.04 Å². The molecule has 7 nitrogen and oxygen atoms in total. The van der Waals surface area contributed by atoms with Crippen molar-refractivity contribution in [3.63, 3.8) is 0 Å². The minimum absolute atomic E-state index is 0.144. The number of nitrogens with one attached hydrogen (secondary N) is 1. The van der Waals surface area contributed by atoms with Crippen molar-refractivity contribution < 1.29 is 9.59 Å². The summed E-state index contributed by atoms with van der Waals surface area (Å²) >= 11 is 0. The maximum absolute atomic E-state index is 12.6. The molecule has 0 saturated heterocycles. The van der Waals surface area contributed by atoms with Crippen LogP contribution < -0.4 is 11.1 Å². The van der Waals surface area contributed by atoms with E-state index in [1.165, 1.54) is 0 Å². The Balaban J connectivity index is 1.86. The van der Waals surface area contributed by atoms with Crippen LogP contribution in [0.4, 0.5) is 0 Å². The first-order valence-corrected chi connectivity index (χ1v) is 7.71. The fourth-order valence-electron chi connectivity index (χ4n) is 2.52. The van der Waals surface area contributed by atoms with Gasteiger partial charge in [-0.05, 0) is 24.6 Å². The second-order valence-corrected chi connectivity index (χ2v) is 5.49. The zero-order valence-corrected chi connectivity index (χ0v) is 13.6. The number of nitrogens with zero attached hydrogens (tertiary/aromatic N) is 3. The first-order chi connectivity index (χ1) is 12.1. The molecule has 0 aliphatic heterocycles. The lowest BCUT2D eigenvalue weighted by Gasteiger charge is -2.15. The van der Waals surface area contributed by atoms with Crippen LogP contribution in [0.2, 0.25) is 0 Å². The molecule has 0 radical (unpaired) electrons. The van der Waals surface area contributed by atoms with Gasteiger partial charge in [0.05, 0.1) is 11.4 Å². The summed E-state index contributed by atoms with van der Waals surface area (Å²) in [4.78, 5) is 24.3. The number of primary amides is 1. The van der Waals surface area contributed by atoms with E-state index >= 15 is 0 Å². The molecule has 1 aromatic heterocycles. The maximum atomic E-state index is 12.6. The number of hydrogen-bond acceptors (Lipinski definition) is 4. The molecule has 0 spiro atoms. The van der Waals surface area contributed by atoms with Crippen molar-refractivity contribution in [2.24, 2.45) is 5.73 Å². The van der Waals surface area contributed by atoms with Crippen molar-refractivity contribution in [1.82, 2.24) is 20.3 Å². The molecule has 7 heteroatoms. The van der Waals surface area contributed by atoms with E-state index in [0.717, 1.165) is 5.69 Å². The van der Waals surface area contributed by atoms with E-state index in [9.17, 15) is 9.59 Å². The molecule has 1 heterocycles. The topological polar surface area (TPSA) is 103 Å². The Bertz CT molecular complexity index is 890. The molecule has 0 saturated carbocycles. The molecule has 0 bridgehead atoms. The highest BCUT2D eigenvalue weighted by Crippen LogP contribution is 2.15. The van der Waals surface area contributed by atoms with E-state index in [4.69, 9.17) is 5.73 Å². The summed E-state index contributed by atoms with van der Waals surface area (Å²) in [6, 6.07) is 17.2. The zero-order valence-electron chi connectivity index (χ0n) is 13.6. The summed E-state index contributed by atoms with van der Waals surface area (Å²) in [6.07, 6.45) is 0. The molecule has 0 fully saturated rings. The number of nitrogens with two attached hydrogens (primary N) is 1. The molecular formula is C18H17N5O2. The molecule has 1 atom stereocenters. The van der Waals surface area contributed by atoms with Crippen molar-refractivity contribution in [2.75, 3.05) is 0 Å². The summed E-state index contributed by atoms with van der Waals surface area (Å²) in [5.41, 5.74) is 7.55. The highest BCUT2D eigenvalue weighted by molar-refractivity contribution is 5.96. The van der Waals surface area contributed by atoms with Gasteiger partial charge >= 0.3 is 0 Å². The number of para-hydroxylation sites is 1. The van der Waals surface area contributed by atoms with Gasteiger partial charge in [0.15, 0.2) is 5.69 Å². The van der Waals surface area contributed by atoms with Crippen molar-refractivity contribution >= 4 is 11.8 Å². The predicted molar refractivity (Wildman–Crippen MR) is 91.9 cm³/mol. The third kappa shape index (κ3) is 3.40. The number of hydrogen-bond donors (Lipinski definition) is 2. The van der Waals surface area contributed by atoms with Crippen LogP contribution in [0.25, 0.3) is 5.69 Å². The Hall–Kier alpha value is -3.48. The average molecular weight is 335 g/mol. The lowest BCUT2D eigenvalue weighted by molar-refractivity contribution is -0.120. The van der Waals surface area contributed by atoms with Crippen LogP contribution in [0, 0.1) is 6.92 Å². The summed E-state index contributed by atoms with van der Waals surface area (Å²) in [6.45, 7) is 1.74. The van der Waals surface area contributed by atoms with E-state index in [1.807, 2.05) is 36.4 Å². The fourth-order valence-corrected chi connectivity index (χ4v) is 2.52. The first-order valence-electron chi connectivity index (χ1n) is 7.71. The summed E-state index contributed by atoms with van der Waals surface area (Å²) in [5, 5.41) is 10.6. The minimum Gasteiger partial charge on any atom is -0.368 e. The fraction of sp³-hybridized carbons (Fsp3) is 0.111. The third-order valence-corrected chi connectivity index (χ3v) is 3.80. The number of benzene rings is 2. The Morgan fingerprint density at radius 1 is 1.04 bits per heavy atom. The zero-order chi connectivity index (χ0) is 17.8. The van der Waals surface area contributed by atoms with E-state index < -0.39 is 17.9 Å². The second-order valence-electron chi connectivity index (χ2n) is 5.49. The lowest BCUT2D eigenvalue weighted by Crippen LogP contribution is -2.37. The standard InChI is InChI=1S/C18H17N5O2/c1-12-15(21-22-23(12)14-10-6-3-7-11-14)18(25)20-16(17(19)24)13-8-4-2-5-9-13/h2-11,16H,1H3,(H2,19,24)(H,20,25)/t16-/m1/s1. The molecular weight excluding hydrogens is 318 g/mol. The van der Waals surface area contributed by atoms with E-state index in [2.05, 4.69) is 15.6 Å². The molecule has 3 N–H and O–H groups in total. The second kappa shape index (κ2) is 6.96. The predicted octanol–water partition coefficient (Wildman–Crippen LogP) is 1.53. The summed E-state index contributed by atoms with van der Waals surface area (Å²) in [7, 11) is 0. The van der Waals surface area contributed by atoms with E-state index in [-0.39, 0.29) is 5.69 Å². The van der Waals surface area contributed by atoms with E-state index in [0.29, 0.717) is 11.3 Å². The van der Waals surface area contributed by atoms with Gasteiger partial charge in [-0.2, -0.15) is 0 Å².